The summed E-state index contributed by atoms with van der Waals surface area (Å²) < 4.78 is 4.97. The number of hydrogen-bond acceptors (Lipinski definition) is 1. The molecular weight excluding hydrogens is 1010 g/mol. The maximum absolute atomic E-state index is 2.54. The summed E-state index contributed by atoms with van der Waals surface area (Å²) in [5.74, 6) is 0. The second-order valence-corrected chi connectivity index (χ2v) is 25.2. The fourth-order valence-corrected chi connectivity index (χ4v) is 15.5. The van der Waals surface area contributed by atoms with E-state index in [9.17, 15) is 0 Å². The average molecular weight is 1080 g/mol. The van der Waals surface area contributed by atoms with Crippen molar-refractivity contribution in [1.29, 1.82) is 0 Å². The molecule has 0 saturated carbocycles. The van der Waals surface area contributed by atoms with Gasteiger partial charge in [0.15, 0.2) is 0 Å². The SMILES string of the molecule is CC1(C)c2cc(-c3cc(-n4c5ccccc5c5ccccc54)cc4c3-c3ccc(-n5c6ccccc6c6ccccc65)cc3C4(C)C)ccc2-c2ccc(N(c3ccc(-c4ccccc4)cc3)c3cccc4c3-c3ccccc3C4(C)C)cc21. The number of anilines is 3. The Labute approximate surface area is 491 Å². The zero-order chi connectivity index (χ0) is 56.4. The van der Waals surface area contributed by atoms with Crippen molar-refractivity contribution in [3.05, 3.63) is 294 Å². The van der Waals surface area contributed by atoms with E-state index < -0.39 is 0 Å². The number of aromatic nitrogens is 2. The lowest BCUT2D eigenvalue weighted by Crippen LogP contribution is -2.17. The average Bonchev–Trinajstić information content (AvgIpc) is 1.69. The maximum atomic E-state index is 2.54. The van der Waals surface area contributed by atoms with Gasteiger partial charge in [0.05, 0.1) is 27.8 Å². The summed E-state index contributed by atoms with van der Waals surface area (Å²) in [5, 5.41) is 5.07. The van der Waals surface area contributed by atoms with Gasteiger partial charge in [-0.05, 0) is 168 Å². The minimum Gasteiger partial charge on any atom is -0.310 e. The number of para-hydroxylation sites is 4. The summed E-state index contributed by atoms with van der Waals surface area (Å²) in [4.78, 5) is 2.52. The van der Waals surface area contributed by atoms with Crippen molar-refractivity contribution in [1.82, 2.24) is 9.13 Å². The first-order chi connectivity index (χ1) is 40.9. The lowest BCUT2D eigenvalue weighted by atomic mass is 9.80. The standard InChI is InChI=1S/C81H61N3/c1-79(2)66-28-15-10-27-63(66)78-67(79)29-20-34-76(78)82(53-38-35-51(36-39-53)50-21-8-7-9-22-50)54-40-43-58-57-42-37-52(45-68(57)80(3,4)69(58)47-54)65-46-56(84-74-32-18-13-25-61(74)62-26-14-19-33-75(62)84)49-71-77(65)64-44-41-55(48-70(64)81(71,5)6)83-72-30-16-11-23-59(72)60-24-12-17-31-73(60)83/h7-49H,1-6H3. The molecule has 12 aromatic carbocycles. The minimum atomic E-state index is -0.325. The van der Waals surface area contributed by atoms with Gasteiger partial charge in [-0.1, -0.05) is 217 Å². The molecule has 0 spiro atoms. The molecule has 84 heavy (non-hydrogen) atoms. The summed E-state index contributed by atoms with van der Waals surface area (Å²) in [6, 6.07) is 98.3. The second-order valence-electron chi connectivity index (χ2n) is 25.2. The van der Waals surface area contributed by atoms with Gasteiger partial charge in [-0.2, -0.15) is 0 Å². The Morgan fingerprint density at radius 3 is 1.37 bits per heavy atom. The smallest absolute Gasteiger partial charge is 0.0543 e. The molecule has 3 heteroatoms. The highest BCUT2D eigenvalue weighted by Gasteiger charge is 2.42. The first kappa shape index (κ1) is 48.7. The van der Waals surface area contributed by atoms with Crippen molar-refractivity contribution in [2.24, 2.45) is 0 Å². The van der Waals surface area contributed by atoms with E-state index in [-0.39, 0.29) is 16.2 Å². The van der Waals surface area contributed by atoms with Gasteiger partial charge < -0.3 is 14.0 Å². The van der Waals surface area contributed by atoms with Crippen LogP contribution in [-0.4, -0.2) is 9.13 Å². The summed E-state index contributed by atoms with van der Waals surface area (Å²) >= 11 is 0. The first-order valence-electron chi connectivity index (χ1n) is 29.7. The van der Waals surface area contributed by atoms with Gasteiger partial charge in [0, 0.05) is 66.1 Å². The molecule has 400 valence electrons. The molecule has 2 heterocycles. The first-order valence-corrected chi connectivity index (χ1v) is 29.7. The van der Waals surface area contributed by atoms with Crippen LogP contribution in [0.25, 0.3) is 111 Å². The van der Waals surface area contributed by atoms with Crippen molar-refractivity contribution in [3.8, 4) is 67.0 Å². The number of hydrogen-bond donors (Lipinski definition) is 0. The molecule has 3 aliphatic carbocycles. The lowest BCUT2D eigenvalue weighted by Gasteiger charge is -2.30. The molecule has 0 aliphatic heterocycles. The van der Waals surface area contributed by atoms with Crippen LogP contribution >= 0.6 is 0 Å². The molecule has 0 unspecified atom stereocenters. The Balaban J connectivity index is 0.842. The molecule has 2 aromatic heterocycles. The molecule has 3 nitrogen and oxygen atoms in total. The van der Waals surface area contributed by atoms with Crippen molar-refractivity contribution in [2.45, 2.75) is 57.8 Å². The topological polar surface area (TPSA) is 13.1 Å². The molecule has 0 N–H and O–H groups in total. The number of benzene rings is 12. The Morgan fingerprint density at radius 1 is 0.262 bits per heavy atom. The van der Waals surface area contributed by atoms with E-state index in [4.69, 9.17) is 0 Å². The summed E-state index contributed by atoms with van der Waals surface area (Å²) in [5.41, 5.74) is 30.7. The Morgan fingerprint density at radius 2 is 0.714 bits per heavy atom. The number of nitrogens with zero attached hydrogens (tertiary/aromatic N) is 3. The highest BCUT2D eigenvalue weighted by molar-refractivity contribution is 6.11. The lowest BCUT2D eigenvalue weighted by molar-refractivity contribution is 0.659. The predicted molar refractivity (Wildman–Crippen MR) is 353 cm³/mol. The Bertz CT molecular complexity index is 4990. The third-order valence-electron chi connectivity index (χ3n) is 19.7. The zero-order valence-corrected chi connectivity index (χ0v) is 48.2. The number of rotatable bonds is 7. The van der Waals surface area contributed by atoms with E-state index in [0.717, 1.165) is 11.4 Å². The van der Waals surface area contributed by atoms with Gasteiger partial charge >= 0.3 is 0 Å². The third-order valence-corrected chi connectivity index (χ3v) is 19.7. The molecule has 3 aliphatic rings. The summed E-state index contributed by atoms with van der Waals surface area (Å²) in [7, 11) is 0. The quantitative estimate of drug-likeness (QED) is 0.155. The molecular formula is C81H61N3. The normalized spacial score (nSPS) is 14.6. The molecule has 17 rings (SSSR count). The highest BCUT2D eigenvalue weighted by atomic mass is 15.1. The van der Waals surface area contributed by atoms with Gasteiger partial charge in [0.25, 0.3) is 0 Å². The van der Waals surface area contributed by atoms with E-state index in [1.54, 1.807) is 0 Å². The van der Waals surface area contributed by atoms with Crippen LogP contribution in [0.1, 0.15) is 74.9 Å². The highest BCUT2D eigenvalue weighted by Crippen LogP contribution is 2.58. The van der Waals surface area contributed by atoms with Crippen molar-refractivity contribution >= 4 is 60.7 Å². The van der Waals surface area contributed by atoms with Gasteiger partial charge in [-0.15, -0.1) is 0 Å². The molecule has 0 atom stereocenters. The summed E-state index contributed by atoms with van der Waals surface area (Å²) in [6.07, 6.45) is 0. The second kappa shape index (κ2) is 17.5. The van der Waals surface area contributed by atoms with Crippen LogP contribution in [-0.2, 0) is 16.2 Å². The van der Waals surface area contributed by atoms with Crippen LogP contribution in [0.2, 0.25) is 0 Å². The van der Waals surface area contributed by atoms with Crippen LogP contribution in [0.4, 0.5) is 17.1 Å². The van der Waals surface area contributed by atoms with Gasteiger partial charge in [0.2, 0.25) is 0 Å². The zero-order valence-electron chi connectivity index (χ0n) is 48.2. The van der Waals surface area contributed by atoms with Crippen molar-refractivity contribution < 1.29 is 0 Å². The van der Waals surface area contributed by atoms with Crippen LogP contribution in [0.3, 0.4) is 0 Å². The molecule has 0 amide bonds. The van der Waals surface area contributed by atoms with Crippen molar-refractivity contribution in [3.63, 3.8) is 0 Å². The molecule has 14 aromatic rings. The summed E-state index contributed by atoms with van der Waals surface area (Å²) in [6.45, 7) is 14.5. The number of fused-ring (bicyclic) bond motifs is 15. The van der Waals surface area contributed by atoms with Gasteiger partial charge in [0.1, 0.15) is 0 Å². The van der Waals surface area contributed by atoms with Gasteiger partial charge in [-0.3, -0.25) is 0 Å². The fraction of sp³-hybridized carbons (Fsp3) is 0.111. The van der Waals surface area contributed by atoms with E-state index in [0.29, 0.717) is 0 Å². The fourth-order valence-electron chi connectivity index (χ4n) is 15.5. The largest absolute Gasteiger partial charge is 0.310 e. The van der Waals surface area contributed by atoms with Gasteiger partial charge in [-0.25, -0.2) is 0 Å². The molecule has 0 saturated heterocycles. The molecule has 0 bridgehead atoms. The maximum Gasteiger partial charge on any atom is 0.0543 e. The van der Waals surface area contributed by atoms with Crippen LogP contribution in [0, 0.1) is 0 Å². The van der Waals surface area contributed by atoms with Crippen LogP contribution < -0.4 is 4.90 Å². The molecule has 0 radical (unpaired) electrons. The van der Waals surface area contributed by atoms with Crippen LogP contribution in [0.15, 0.2) is 261 Å². The van der Waals surface area contributed by atoms with E-state index in [1.165, 1.54) is 150 Å². The minimum absolute atomic E-state index is 0.138. The van der Waals surface area contributed by atoms with Crippen LogP contribution in [0.5, 0.6) is 0 Å². The van der Waals surface area contributed by atoms with Crippen molar-refractivity contribution in [2.75, 3.05) is 4.90 Å². The molecule has 0 fully saturated rings. The Hall–Kier alpha value is -9.96. The predicted octanol–water partition coefficient (Wildman–Crippen LogP) is 21.6. The Kier molecular flexibility index (Phi) is 10.2. The third kappa shape index (κ3) is 6.75. The van der Waals surface area contributed by atoms with E-state index >= 15 is 0 Å². The van der Waals surface area contributed by atoms with E-state index in [1.807, 2.05) is 0 Å². The monoisotopic (exact) mass is 1080 g/mol. The van der Waals surface area contributed by atoms with E-state index in [2.05, 4.69) is 316 Å².